The summed E-state index contributed by atoms with van der Waals surface area (Å²) in [7, 11) is 0. The number of anilines is 1. The standard InChI is InChI=1S/C13H19N3O3/c1-9(3-4-12(17)18)7-15-13(19)16-11-8-14-6-5-10(11)2/h5-6,8-9H,3-4,7H2,1-2H3,(H,17,18)(H2,15,16,19). The van der Waals surface area contributed by atoms with Gasteiger partial charge in [-0.25, -0.2) is 4.79 Å². The summed E-state index contributed by atoms with van der Waals surface area (Å²) in [5.41, 5.74) is 1.60. The quantitative estimate of drug-likeness (QED) is 0.733. The second-order valence-electron chi connectivity index (χ2n) is 4.56. The fourth-order valence-corrected chi connectivity index (χ4v) is 1.50. The minimum Gasteiger partial charge on any atom is -0.481 e. The molecule has 0 spiro atoms. The summed E-state index contributed by atoms with van der Waals surface area (Å²) in [6.45, 7) is 4.23. The number of aryl methyl sites for hydroxylation is 1. The predicted octanol–water partition coefficient (Wildman–Crippen LogP) is 2.01. The molecule has 0 fully saturated rings. The van der Waals surface area contributed by atoms with Crippen LogP contribution in [-0.2, 0) is 4.79 Å². The van der Waals surface area contributed by atoms with Gasteiger partial charge in [-0.15, -0.1) is 0 Å². The number of nitrogens with one attached hydrogen (secondary N) is 2. The number of nitrogens with zero attached hydrogens (tertiary/aromatic N) is 1. The molecule has 0 aliphatic rings. The molecule has 0 aromatic carbocycles. The minimum atomic E-state index is -0.817. The normalized spacial score (nSPS) is 11.7. The molecule has 1 aromatic heterocycles. The average molecular weight is 265 g/mol. The van der Waals surface area contributed by atoms with Gasteiger partial charge >= 0.3 is 12.0 Å². The van der Waals surface area contributed by atoms with Crippen LogP contribution < -0.4 is 10.6 Å². The molecular formula is C13H19N3O3. The molecule has 1 heterocycles. The number of carboxylic acid groups (broad SMARTS) is 1. The molecular weight excluding hydrogens is 246 g/mol. The lowest BCUT2D eigenvalue weighted by atomic mass is 10.1. The molecule has 6 nitrogen and oxygen atoms in total. The molecule has 104 valence electrons. The van der Waals surface area contributed by atoms with Crippen LogP contribution in [0.15, 0.2) is 18.5 Å². The van der Waals surface area contributed by atoms with Crippen LogP contribution in [0.1, 0.15) is 25.3 Å². The topological polar surface area (TPSA) is 91.3 Å². The number of carboxylic acids is 1. The lowest BCUT2D eigenvalue weighted by molar-refractivity contribution is -0.137. The molecule has 0 aliphatic carbocycles. The van der Waals surface area contributed by atoms with Crippen LogP contribution in [0.25, 0.3) is 0 Å². The average Bonchev–Trinajstić information content (AvgIpc) is 2.36. The Bertz CT molecular complexity index is 449. The third-order valence-electron chi connectivity index (χ3n) is 2.75. The molecule has 1 atom stereocenters. The summed E-state index contributed by atoms with van der Waals surface area (Å²) in [5, 5.41) is 14.0. The number of aliphatic carboxylic acids is 1. The van der Waals surface area contributed by atoms with Gasteiger partial charge in [0.25, 0.3) is 0 Å². The van der Waals surface area contributed by atoms with Crippen molar-refractivity contribution in [3.05, 3.63) is 24.0 Å². The van der Waals surface area contributed by atoms with Crippen LogP contribution in [0.2, 0.25) is 0 Å². The molecule has 1 unspecified atom stereocenters. The van der Waals surface area contributed by atoms with Crippen molar-refractivity contribution in [1.29, 1.82) is 0 Å². The van der Waals surface area contributed by atoms with E-state index in [9.17, 15) is 9.59 Å². The smallest absolute Gasteiger partial charge is 0.319 e. The van der Waals surface area contributed by atoms with Gasteiger partial charge in [-0.1, -0.05) is 6.92 Å². The van der Waals surface area contributed by atoms with Gasteiger partial charge < -0.3 is 15.7 Å². The maximum atomic E-state index is 11.6. The van der Waals surface area contributed by atoms with Crippen molar-refractivity contribution in [3.63, 3.8) is 0 Å². The minimum absolute atomic E-state index is 0.117. The first-order valence-electron chi connectivity index (χ1n) is 6.16. The van der Waals surface area contributed by atoms with Crippen molar-refractivity contribution in [2.45, 2.75) is 26.7 Å². The zero-order chi connectivity index (χ0) is 14.3. The summed E-state index contributed by atoms with van der Waals surface area (Å²) >= 11 is 0. The van der Waals surface area contributed by atoms with Crippen LogP contribution in [0, 0.1) is 12.8 Å². The molecule has 0 saturated carbocycles. The highest BCUT2D eigenvalue weighted by molar-refractivity contribution is 5.89. The molecule has 0 aliphatic heterocycles. The number of amides is 2. The van der Waals surface area contributed by atoms with Gasteiger partial charge in [-0.05, 0) is 30.9 Å². The third-order valence-corrected chi connectivity index (χ3v) is 2.75. The molecule has 3 N–H and O–H groups in total. The summed E-state index contributed by atoms with van der Waals surface area (Å²) in [4.78, 5) is 26.0. The molecule has 0 bridgehead atoms. The van der Waals surface area contributed by atoms with Crippen LogP contribution in [0.5, 0.6) is 0 Å². The number of aromatic nitrogens is 1. The molecule has 1 rings (SSSR count). The Morgan fingerprint density at radius 1 is 1.47 bits per heavy atom. The maximum absolute atomic E-state index is 11.6. The number of hydrogen-bond acceptors (Lipinski definition) is 3. The van der Waals surface area contributed by atoms with Crippen LogP contribution in [0.3, 0.4) is 0 Å². The lowest BCUT2D eigenvalue weighted by Gasteiger charge is -2.13. The Labute approximate surface area is 112 Å². The van der Waals surface area contributed by atoms with E-state index in [2.05, 4.69) is 15.6 Å². The zero-order valence-electron chi connectivity index (χ0n) is 11.1. The summed E-state index contributed by atoms with van der Waals surface area (Å²) in [6.07, 6.45) is 3.91. The van der Waals surface area contributed by atoms with E-state index in [1.807, 2.05) is 19.9 Å². The van der Waals surface area contributed by atoms with Crippen molar-refractivity contribution in [1.82, 2.24) is 10.3 Å². The van der Waals surface area contributed by atoms with Gasteiger partial charge in [0.15, 0.2) is 0 Å². The van der Waals surface area contributed by atoms with Gasteiger partial charge in [-0.3, -0.25) is 9.78 Å². The number of carbonyl (C=O) groups excluding carboxylic acids is 1. The fraction of sp³-hybridized carbons (Fsp3) is 0.462. The summed E-state index contributed by atoms with van der Waals surface area (Å²) in [5.74, 6) is -0.695. The second kappa shape index (κ2) is 7.35. The van der Waals surface area contributed by atoms with E-state index in [4.69, 9.17) is 5.11 Å². The number of rotatable bonds is 6. The molecule has 0 saturated heterocycles. The lowest BCUT2D eigenvalue weighted by Crippen LogP contribution is -2.32. The summed E-state index contributed by atoms with van der Waals surface area (Å²) in [6, 6.07) is 1.50. The Hall–Kier alpha value is -2.11. The van der Waals surface area contributed by atoms with E-state index >= 15 is 0 Å². The molecule has 6 heteroatoms. The molecule has 0 radical (unpaired) electrons. The van der Waals surface area contributed by atoms with E-state index in [1.165, 1.54) is 0 Å². The van der Waals surface area contributed by atoms with E-state index in [0.717, 1.165) is 5.56 Å². The maximum Gasteiger partial charge on any atom is 0.319 e. The third kappa shape index (κ3) is 5.85. The molecule has 19 heavy (non-hydrogen) atoms. The molecule has 1 aromatic rings. The highest BCUT2D eigenvalue weighted by Gasteiger charge is 2.08. The van der Waals surface area contributed by atoms with Crippen molar-refractivity contribution >= 4 is 17.7 Å². The van der Waals surface area contributed by atoms with E-state index in [1.54, 1.807) is 12.4 Å². The van der Waals surface area contributed by atoms with Crippen LogP contribution in [-0.4, -0.2) is 28.6 Å². The van der Waals surface area contributed by atoms with Crippen molar-refractivity contribution in [2.24, 2.45) is 5.92 Å². The first-order valence-corrected chi connectivity index (χ1v) is 6.16. The fourth-order valence-electron chi connectivity index (χ4n) is 1.50. The Kier molecular flexibility index (Phi) is 5.78. The summed E-state index contributed by atoms with van der Waals surface area (Å²) < 4.78 is 0. The first kappa shape index (κ1) is 14.9. The second-order valence-corrected chi connectivity index (χ2v) is 4.56. The number of pyridine rings is 1. The van der Waals surface area contributed by atoms with Gasteiger partial charge in [0, 0.05) is 19.2 Å². The number of hydrogen-bond donors (Lipinski definition) is 3. The largest absolute Gasteiger partial charge is 0.481 e. The number of carbonyl (C=O) groups is 2. The first-order chi connectivity index (χ1) is 8.99. The van der Waals surface area contributed by atoms with Crippen molar-refractivity contribution in [3.8, 4) is 0 Å². The van der Waals surface area contributed by atoms with Gasteiger partial charge in [0.1, 0.15) is 0 Å². The Morgan fingerprint density at radius 3 is 2.84 bits per heavy atom. The van der Waals surface area contributed by atoms with Crippen molar-refractivity contribution in [2.75, 3.05) is 11.9 Å². The Morgan fingerprint density at radius 2 is 2.21 bits per heavy atom. The predicted molar refractivity (Wildman–Crippen MR) is 72.0 cm³/mol. The van der Waals surface area contributed by atoms with Gasteiger partial charge in [0.05, 0.1) is 11.9 Å². The highest BCUT2D eigenvalue weighted by Crippen LogP contribution is 2.11. The van der Waals surface area contributed by atoms with E-state index in [0.29, 0.717) is 18.7 Å². The zero-order valence-corrected chi connectivity index (χ0v) is 11.1. The van der Waals surface area contributed by atoms with Gasteiger partial charge in [0.2, 0.25) is 0 Å². The SMILES string of the molecule is Cc1ccncc1NC(=O)NCC(C)CCC(=O)O. The molecule has 2 amide bonds. The Balaban J connectivity index is 2.32. The van der Waals surface area contributed by atoms with Gasteiger partial charge in [-0.2, -0.15) is 0 Å². The van der Waals surface area contributed by atoms with Crippen LogP contribution >= 0.6 is 0 Å². The number of urea groups is 1. The monoisotopic (exact) mass is 265 g/mol. The van der Waals surface area contributed by atoms with E-state index < -0.39 is 5.97 Å². The highest BCUT2D eigenvalue weighted by atomic mass is 16.4. The van der Waals surface area contributed by atoms with Crippen molar-refractivity contribution < 1.29 is 14.7 Å². The van der Waals surface area contributed by atoms with E-state index in [-0.39, 0.29) is 18.4 Å². The van der Waals surface area contributed by atoms with Crippen LogP contribution in [0.4, 0.5) is 10.5 Å².